The van der Waals surface area contributed by atoms with Crippen LogP contribution in [-0.4, -0.2) is 29.8 Å². The molecule has 390 valence electrons. The minimum absolute atomic E-state index is 1.13. The summed E-state index contributed by atoms with van der Waals surface area (Å²) >= 11 is 0. The molecule has 0 atom stereocenters. The van der Waals surface area contributed by atoms with Crippen molar-refractivity contribution in [1.29, 1.82) is 0 Å². The molecule has 83 heavy (non-hydrogen) atoms. The SMILES string of the molecule is c1ccc([Si](c2ccccc2)(c2ccccc2)c2cccc(-n3c4ccccc4c4cc(-n5c6ccccc6c6c([Si](c7ccccc7)(c7ccccc7)c7cccc(-n8c9ccccc9c9ccccc98)c7)cccc65)ccc43)c2)cc1. The van der Waals surface area contributed by atoms with Gasteiger partial charge in [0.15, 0.2) is 16.1 Å². The second-order valence-electron chi connectivity index (χ2n) is 21.9. The van der Waals surface area contributed by atoms with Gasteiger partial charge in [-0.25, -0.2) is 0 Å². The average Bonchev–Trinajstić information content (AvgIpc) is 2.12. The number of rotatable bonds is 11. The molecule has 5 heteroatoms. The van der Waals surface area contributed by atoms with Gasteiger partial charge >= 0.3 is 0 Å². The quantitative estimate of drug-likeness (QED) is 0.0906. The second-order valence-corrected chi connectivity index (χ2v) is 29.5. The fourth-order valence-electron chi connectivity index (χ4n) is 14.4. The molecular formula is C78H55N3Si2. The number of hydrogen-bond donors (Lipinski definition) is 0. The molecule has 16 rings (SSSR count). The molecule has 0 fully saturated rings. The fraction of sp³-hybridized carbons (Fsp3) is 0. The van der Waals surface area contributed by atoms with E-state index in [1.54, 1.807) is 0 Å². The summed E-state index contributed by atoms with van der Waals surface area (Å²) in [7, 11) is -5.98. The molecule has 0 radical (unpaired) electrons. The predicted octanol–water partition coefficient (Wildman–Crippen LogP) is 13.7. The molecule has 0 saturated heterocycles. The van der Waals surface area contributed by atoms with E-state index >= 15 is 0 Å². The summed E-state index contributed by atoms with van der Waals surface area (Å²) < 4.78 is 7.49. The van der Waals surface area contributed by atoms with E-state index in [9.17, 15) is 0 Å². The topological polar surface area (TPSA) is 14.8 Å². The van der Waals surface area contributed by atoms with Crippen LogP contribution >= 0.6 is 0 Å². The van der Waals surface area contributed by atoms with Crippen LogP contribution in [0.1, 0.15) is 0 Å². The number of benzene rings is 13. The highest BCUT2D eigenvalue weighted by molar-refractivity contribution is 7.21. The largest absolute Gasteiger partial charge is 0.309 e. The summed E-state index contributed by atoms with van der Waals surface area (Å²) in [6.07, 6.45) is 0. The Morgan fingerprint density at radius 3 is 0.940 bits per heavy atom. The third-order valence-electron chi connectivity index (χ3n) is 17.7. The van der Waals surface area contributed by atoms with Crippen molar-refractivity contribution < 1.29 is 0 Å². The van der Waals surface area contributed by atoms with E-state index in [1.165, 1.54) is 107 Å². The monoisotopic (exact) mass is 1090 g/mol. The van der Waals surface area contributed by atoms with Crippen molar-refractivity contribution in [3.05, 3.63) is 334 Å². The fourth-order valence-corrected chi connectivity index (χ4v) is 24.2. The van der Waals surface area contributed by atoms with Crippen molar-refractivity contribution in [3.63, 3.8) is 0 Å². The maximum atomic E-state index is 2.53. The molecular weight excluding hydrogens is 1040 g/mol. The normalized spacial score (nSPS) is 12.1. The maximum Gasteiger partial charge on any atom is 0.180 e. The molecule has 0 unspecified atom stereocenters. The summed E-state index contributed by atoms with van der Waals surface area (Å²) in [4.78, 5) is 0. The number of nitrogens with zero attached hydrogens (tertiary/aromatic N) is 3. The van der Waals surface area contributed by atoms with Crippen LogP contribution in [0.25, 0.3) is 82.5 Å². The van der Waals surface area contributed by atoms with Crippen molar-refractivity contribution in [3.8, 4) is 17.1 Å². The van der Waals surface area contributed by atoms with Crippen LogP contribution in [0.3, 0.4) is 0 Å². The summed E-state index contributed by atoms with van der Waals surface area (Å²) in [6.45, 7) is 0. The van der Waals surface area contributed by atoms with Crippen LogP contribution in [0.15, 0.2) is 334 Å². The van der Waals surface area contributed by atoms with E-state index in [0.717, 1.165) is 17.1 Å². The van der Waals surface area contributed by atoms with Crippen LogP contribution in [0, 0.1) is 0 Å². The van der Waals surface area contributed by atoms with Gasteiger partial charge in [0, 0.05) is 49.4 Å². The van der Waals surface area contributed by atoms with Crippen molar-refractivity contribution in [2.75, 3.05) is 0 Å². The van der Waals surface area contributed by atoms with Crippen LogP contribution in [0.2, 0.25) is 0 Å². The van der Waals surface area contributed by atoms with Gasteiger partial charge in [-0.15, -0.1) is 0 Å². The molecule has 16 aromatic rings. The van der Waals surface area contributed by atoms with Gasteiger partial charge in [0.2, 0.25) is 0 Å². The zero-order chi connectivity index (χ0) is 54.9. The highest BCUT2D eigenvalue weighted by atomic mass is 28.3. The van der Waals surface area contributed by atoms with Crippen molar-refractivity contribution in [2.45, 2.75) is 0 Å². The first-order valence-electron chi connectivity index (χ1n) is 28.8. The van der Waals surface area contributed by atoms with E-state index in [-0.39, 0.29) is 0 Å². The van der Waals surface area contributed by atoms with Gasteiger partial charge in [-0.2, -0.15) is 0 Å². The Balaban J connectivity index is 0.923. The Hall–Kier alpha value is -10.3. The summed E-state index contributed by atoms with van der Waals surface area (Å²) in [5.74, 6) is 0. The second kappa shape index (κ2) is 19.7. The molecule has 3 aromatic heterocycles. The standard InChI is InChI=1S/C78H55N3Si2/c1-6-29-59(30-7-1)82(60-31-8-2-9-32-60,61-33-10-3-11-34-61)64-39-24-27-56(53-64)80-73-47-22-18-43-68(73)70-55-58(51-52-75(70)80)81-74-48-23-19-44-69(74)78-76(81)49-26-50-77(78)83(62-35-12-4-13-36-62,63-37-14-5-15-38-63)65-40-25-28-57(54-65)79-71-45-20-16-41-66(71)67-42-17-21-46-72(67)79/h1-55H. The molecule has 0 amide bonds. The highest BCUT2D eigenvalue weighted by Gasteiger charge is 2.44. The molecule has 0 bridgehead atoms. The predicted molar refractivity (Wildman–Crippen MR) is 357 cm³/mol. The number of aromatic nitrogens is 3. The van der Waals surface area contributed by atoms with E-state index in [2.05, 4.69) is 347 Å². The van der Waals surface area contributed by atoms with Gasteiger partial charge in [0.1, 0.15) is 0 Å². The first-order chi connectivity index (χ1) is 41.2. The smallest absolute Gasteiger partial charge is 0.180 e. The lowest BCUT2D eigenvalue weighted by Gasteiger charge is -2.35. The number of hydrogen-bond acceptors (Lipinski definition) is 0. The molecule has 3 heterocycles. The first-order valence-corrected chi connectivity index (χ1v) is 32.8. The third-order valence-corrected chi connectivity index (χ3v) is 27.3. The minimum atomic E-state index is -3.17. The zero-order valence-corrected chi connectivity index (χ0v) is 47.6. The average molecular weight is 1090 g/mol. The lowest BCUT2D eigenvalue weighted by Crippen LogP contribution is -2.74. The Morgan fingerprint density at radius 1 is 0.181 bits per heavy atom. The Labute approximate surface area is 484 Å². The van der Waals surface area contributed by atoms with Gasteiger partial charge in [0.25, 0.3) is 0 Å². The third kappa shape index (κ3) is 7.42. The van der Waals surface area contributed by atoms with Crippen molar-refractivity contribution in [2.24, 2.45) is 0 Å². The molecule has 3 nitrogen and oxygen atoms in total. The van der Waals surface area contributed by atoms with Gasteiger partial charge in [-0.3, -0.25) is 0 Å². The minimum Gasteiger partial charge on any atom is -0.309 e. The van der Waals surface area contributed by atoms with E-state index in [4.69, 9.17) is 0 Å². The maximum absolute atomic E-state index is 3.17. The Morgan fingerprint density at radius 2 is 0.482 bits per heavy atom. The van der Waals surface area contributed by atoms with Gasteiger partial charge in [-0.05, 0) is 114 Å². The molecule has 13 aromatic carbocycles. The summed E-state index contributed by atoms with van der Waals surface area (Å²) in [5.41, 5.74) is 10.5. The van der Waals surface area contributed by atoms with Crippen LogP contribution in [0.5, 0.6) is 0 Å². The van der Waals surface area contributed by atoms with Crippen molar-refractivity contribution in [1.82, 2.24) is 13.7 Å². The summed E-state index contributed by atoms with van der Waals surface area (Å²) in [5, 5.41) is 18.2. The number of para-hydroxylation sites is 4. The zero-order valence-electron chi connectivity index (χ0n) is 45.6. The lowest BCUT2D eigenvalue weighted by atomic mass is 10.1. The molecule has 0 spiro atoms. The van der Waals surface area contributed by atoms with Crippen molar-refractivity contribution >= 4 is 123 Å². The van der Waals surface area contributed by atoms with Crippen LogP contribution < -0.4 is 41.5 Å². The first kappa shape index (κ1) is 48.6. The molecule has 0 saturated carbocycles. The van der Waals surface area contributed by atoms with Gasteiger partial charge in [-0.1, -0.05) is 261 Å². The summed E-state index contributed by atoms with van der Waals surface area (Å²) in [6, 6.07) is 125. The molecule has 0 aliphatic heterocycles. The lowest BCUT2D eigenvalue weighted by molar-refractivity contribution is 1.17. The molecule has 0 N–H and O–H groups in total. The van der Waals surface area contributed by atoms with Crippen LogP contribution in [-0.2, 0) is 0 Å². The van der Waals surface area contributed by atoms with E-state index in [1.807, 2.05) is 0 Å². The molecule has 0 aliphatic rings. The van der Waals surface area contributed by atoms with Gasteiger partial charge in [0.05, 0.1) is 33.1 Å². The van der Waals surface area contributed by atoms with Gasteiger partial charge < -0.3 is 13.7 Å². The van der Waals surface area contributed by atoms with E-state index in [0.29, 0.717) is 0 Å². The number of fused-ring (bicyclic) bond motifs is 9. The Kier molecular flexibility index (Phi) is 11.6. The highest BCUT2D eigenvalue weighted by Crippen LogP contribution is 2.38. The van der Waals surface area contributed by atoms with E-state index < -0.39 is 16.1 Å². The van der Waals surface area contributed by atoms with Crippen LogP contribution in [0.4, 0.5) is 0 Å². The molecule has 0 aliphatic carbocycles. The Bertz CT molecular complexity index is 4890.